The van der Waals surface area contributed by atoms with E-state index in [4.69, 9.17) is 21.4 Å². The monoisotopic (exact) mass is 286 g/mol. The van der Waals surface area contributed by atoms with E-state index in [1.54, 1.807) is 0 Å². The molecular formula is C12H15ClN2O4. The Morgan fingerprint density at radius 3 is 2.95 bits per heavy atom. The molecule has 2 rings (SSSR count). The Balaban J connectivity index is 2.23. The number of anilines is 1. The number of aliphatic hydroxyl groups is 1. The van der Waals surface area contributed by atoms with Gasteiger partial charge in [0.25, 0.3) is 0 Å². The number of rotatable bonds is 3. The van der Waals surface area contributed by atoms with Crippen molar-refractivity contribution in [3.63, 3.8) is 0 Å². The summed E-state index contributed by atoms with van der Waals surface area (Å²) in [6, 6.07) is 1.38. The van der Waals surface area contributed by atoms with Gasteiger partial charge in [0.1, 0.15) is 5.82 Å². The first kappa shape index (κ1) is 14.0. The maximum absolute atomic E-state index is 10.8. The van der Waals surface area contributed by atoms with E-state index >= 15 is 0 Å². The van der Waals surface area contributed by atoms with Crippen molar-refractivity contribution in [1.29, 1.82) is 0 Å². The van der Waals surface area contributed by atoms with E-state index in [-0.39, 0.29) is 29.4 Å². The summed E-state index contributed by atoms with van der Waals surface area (Å²) in [7, 11) is 0. The first-order valence-corrected chi connectivity index (χ1v) is 6.29. The maximum Gasteiger partial charge on any atom is 0.337 e. The number of carbonyl (C=O) groups is 1. The van der Waals surface area contributed by atoms with Gasteiger partial charge in [-0.05, 0) is 13.0 Å². The van der Waals surface area contributed by atoms with Gasteiger partial charge in [0.05, 0.1) is 29.4 Å². The Bertz CT molecular complexity index is 483. The van der Waals surface area contributed by atoms with Gasteiger partial charge in [0.2, 0.25) is 0 Å². The summed E-state index contributed by atoms with van der Waals surface area (Å²) in [5.74, 6) is -0.551. The predicted octanol–water partition coefficient (Wildman–Crippen LogP) is 1.02. The minimum absolute atomic E-state index is 0.0498. The Kier molecular flexibility index (Phi) is 4.24. The molecule has 2 atom stereocenters. The molecule has 0 aliphatic carbocycles. The second-order valence-corrected chi connectivity index (χ2v) is 4.90. The highest BCUT2D eigenvalue weighted by Gasteiger charge is 2.27. The van der Waals surface area contributed by atoms with Gasteiger partial charge in [-0.3, -0.25) is 0 Å². The van der Waals surface area contributed by atoms with Crippen LogP contribution in [0.2, 0.25) is 5.02 Å². The molecule has 0 radical (unpaired) electrons. The number of pyridine rings is 1. The van der Waals surface area contributed by atoms with E-state index in [0.717, 1.165) is 0 Å². The van der Waals surface area contributed by atoms with E-state index in [9.17, 15) is 9.90 Å². The van der Waals surface area contributed by atoms with Crippen LogP contribution in [0.3, 0.4) is 0 Å². The number of ether oxygens (including phenoxy) is 1. The van der Waals surface area contributed by atoms with Gasteiger partial charge in [-0.25, -0.2) is 9.78 Å². The Morgan fingerprint density at radius 2 is 2.37 bits per heavy atom. The number of morpholine rings is 1. The lowest BCUT2D eigenvalue weighted by Gasteiger charge is -2.37. The second kappa shape index (κ2) is 5.73. The van der Waals surface area contributed by atoms with Gasteiger partial charge in [-0.2, -0.15) is 0 Å². The summed E-state index contributed by atoms with van der Waals surface area (Å²) in [6.07, 6.45) is 0.932. The smallest absolute Gasteiger partial charge is 0.337 e. The van der Waals surface area contributed by atoms with Crippen LogP contribution in [-0.4, -0.2) is 53.1 Å². The molecule has 2 N–H and O–H groups in total. The zero-order valence-corrected chi connectivity index (χ0v) is 11.2. The first-order valence-electron chi connectivity index (χ1n) is 5.91. The van der Waals surface area contributed by atoms with Crippen LogP contribution in [-0.2, 0) is 4.74 Å². The summed E-state index contributed by atoms with van der Waals surface area (Å²) in [5.41, 5.74) is 0.0498. The van der Waals surface area contributed by atoms with Crippen molar-refractivity contribution in [2.75, 3.05) is 24.6 Å². The van der Waals surface area contributed by atoms with Crippen LogP contribution in [0.4, 0.5) is 5.82 Å². The second-order valence-electron chi connectivity index (χ2n) is 4.49. The first-order chi connectivity index (χ1) is 9.01. The summed E-state index contributed by atoms with van der Waals surface area (Å²) < 4.78 is 5.53. The highest BCUT2D eigenvalue weighted by Crippen LogP contribution is 2.26. The molecule has 7 heteroatoms. The standard InChI is InChI=1S/C12H15ClN2O4/c1-7-4-15(5-9(6-16)19-7)11-10(13)2-8(3-14-11)12(17)18/h2-3,7,9,16H,4-6H2,1H3,(H,17,18). The average Bonchev–Trinajstić information content (AvgIpc) is 2.37. The fraction of sp³-hybridized carbons (Fsp3) is 0.500. The minimum Gasteiger partial charge on any atom is -0.478 e. The fourth-order valence-electron chi connectivity index (χ4n) is 2.10. The molecule has 1 fully saturated rings. The van der Waals surface area contributed by atoms with Crippen molar-refractivity contribution in [1.82, 2.24) is 4.98 Å². The van der Waals surface area contributed by atoms with Gasteiger partial charge in [0, 0.05) is 19.3 Å². The van der Waals surface area contributed by atoms with Crippen molar-refractivity contribution < 1.29 is 19.7 Å². The molecule has 19 heavy (non-hydrogen) atoms. The molecule has 1 aliphatic heterocycles. The van der Waals surface area contributed by atoms with Crippen molar-refractivity contribution in [3.05, 3.63) is 22.8 Å². The third kappa shape index (κ3) is 3.15. The molecule has 0 spiro atoms. The van der Waals surface area contributed by atoms with Crippen molar-refractivity contribution in [3.8, 4) is 0 Å². The highest BCUT2D eigenvalue weighted by molar-refractivity contribution is 6.33. The van der Waals surface area contributed by atoms with Gasteiger partial charge in [0.15, 0.2) is 0 Å². The summed E-state index contributed by atoms with van der Waals surface area (Å²) in [6.45, 7) is 2.88. The number of aliphatic hydroxyl groups excluding tert-OH is 1. The number of nitrogens with zero attached hydrogens (tertiary/aromatic N) is 2. The molecule has 1 aromatic heterocycles. The van der Waals surface area contributed by atoms with Gasteiger partial charge in [-0.1, -0.05) is 11.6 Å². The van der Waals surface area contributed by atoms with E-state index in [1.807, 2.05) is 11.8 Å². The molecule has 1 aliphatic rings. The third-order valence-electron chi connectivity index (χ3n) is 2.90. The number of aromatic nitrogens is 1. The predicted molar refractivity (Wildman–Crippen MR) is 69.8 cm³/mol. The third-order valence-corrected chi connectivity index (χ3v) is 3.18. The maximum atomic E-state index is 10.8. The molecule has 1 saturated heterocycles. The van der Waals surface area contributed by atoms with Crippen LogP contribution in [0.15, 0.2) is 12.3 Å². The number of hydrogen-bond acceptors (Lipinski definition) is 5. The Hall–Kier alpha value is -1.37. The van der Waals surface area contributed by atoms with E-state index < -0.39 is 5.97 Å². The highest BCUT2D eigenvalue weighted by atomic mass is 35.5. The lowest BCUT2D eigenvalue weighted by Crippen LogP contribution is -2.48. The zero-order valence-electron chi connectivity index (χ0n) is 10.4. The van der Waals surface area contributed by atoms with Crippen LogP contribution in [0.1, 0.15) is 17.3 Å². The lowest BCUT2D eigenvalue weighted by atomic mass is 10.2. The molecule has 2 heterocycles. The molecule has 0 amide bonds. The molecule has 2 unspecified atom stereocenters. The van der Waals surface area contributed by atoms with Crippen molar-refractivity contribution in [2.45, 2.75) is 19.1 Å². The van der Waals surface area contributed by atoms with Crippen LogP contribution in [0, 0.1) is 0 Å². The number of carboxylic acid groups (broad SMARTS) is 1. The zero-order chi connectivity index (χ0) is 14.0. The normalized spacial score (nSPS) is 23.4. The number of carboxylic acids is 1. The van der Waals surface area contributed by atoms with Gasteiger partial charge in [-0.15, -0.1) is 0 Å². The summed E-state index contributed by atoms with van der Waals surface area (Å²) in [5, 5.41) is 18.3. The summed E-state index contributed by atoms with van der Waals surface area (Å²) >= 11 is 6.07. The molecule has 104 valence electrons. The average molecular weight is 287 g/mol. The van der Waals surface area contributed by atoms with Crippen LogP contribution < -0.4 is 4.90 Å². The van der Waals surface area contributed by atoms with Gasteiger partial charge < -0.3 is 19.8 Å². The molecule has 0 bridgehead atoms. The Morgan fingerprint density at radius 1 is 1.63 bits per heavy atom. The minimum atomic E-state index is -1.07. The number of hydrogen-bond donors (Lipinski definition) is 2. The quantitative estimate of drug-likeness (QED) is 0.863. The van der Waals surface area contributed by atoms with Crippen LogP contribution in [0.25, 0.3) is 0 Å². The molecule has 0 saturated carbocycles. The summed E-state index contributed by atoms with van der Waals surface area (Å²) in [4.78, 5) is 16.8. The lowest BCUT2D eigenvalue weighted by molar-refractivity contribution is -0.0423. The largest absolute Gasteiger partial charge is 0.478 e. The van der Waals surface area contributed by atoms with Crippen molar-refractivity contribution >= 4 is 23.4 Å². The van der Waals surface area contributed by atoms with Gasteiger partial charge >= 0.3 is 5.97 Å². The number of aromatic carboxylic acids is 1. The molecular weight excluding hydrogens is 272 g/mol. The van der Waals surface area contributed by atoms with Crippen LogP contribution >= 0.6 is 11.6 Å². The number of halogens is 1. The molecule has 0 aromatic carbocycles. The SMILES string of the molecule is CC1CN(c2ncc(C(=O)O)cc2Cl)CC(CO)O1. The fourth-order valence-corrected chi connectivity index (χ4v) is 2.39. The van der Waals surface area contributed by atoms with E-state index in [2.05, 4.69) is 4.98 Å². The molecule has 6 nitrogen and oxygen atoms in total. The van der Waals surface area contributed by atoms with E-state index in [1.165, 1.54) is 12.3 Å². The topological polar surface area (TPSA) is 82.9 Å². The van der Waals surface area contributed by atoms with Crippen LogP contribution in [0.5, 0.6) is 0 Å². The molecule has 1 aromatic rings. The van der Waals surface area contributed by atoms with Crippen molar-refractivity contribution in [2.24, 2.45) is 0 Å². The van der Waals surface area contributed by atoms with E-state index in [0.29, 0.717) is 18.9 Å². The Labute approximate surface area is 115 Å².